The predicted molar refractivity (Wildman–Crippen MR) is 178 cm³/mol. The molecule has 3 aliphatic rings. The van der Waals surface area contributed by atoms with Gasteiger partial charge in [0.15, 0.2) is 6.29 Å². The van der Waals surface area contributed by atoms with Crippen molar-refractivity contribution in [2.45, 2.75) is 143 Å². The van der Waals surface area contributed by atoms with Crippen LogP contribution in [0.4, 0.5) is 0 Å². The Morgan fingerprint density at radius 3 is 1.96 bits per heavy atom. The number of Topliss-reactive ketones (excluding diaryl/α,β-unsaturated/α-hetero) is 2. The number of carbonyl (C=O) groups excluding carboxylic acids is 4. The number of nitrogens with zero attached hydrogens (tertiary/aromatic N) is 2. The minimum absolute atomic E-state index is 0.0215. The van der Waals surface area contributed by atoms with E-state index in [1.807, 2.05) is 48.7 Å². The zero-order valence-electron chi connectivity index (χ0n) is 30.5. The average molecular weight is 660 g/mol. The van der Waals surface area contributed by atoms with Gasteiger partial charge in [-0.05, 0) is 61.1 Å². The molecule has 3 heterocycles. The number of aliphatic hydroxyl groups is 3. The zero-order chi connectivity index (χ0) is 36.0. The second-order valence-corrected chi connectivity index (χ2v) is 13.2. The van der Waals surface area contributed by atoms with E-state index in [0.29, 0.717) is 25.5 Å². The van der Waals surface area contributed by atoms with Gasteiger partial charge in [-0.3, -0.25) is 19.2 Å². The number of aliphatic hydroxyl groups excluding tert-OH is 1. The van der Waals surface area contributed by atoms with Crippen molar-refractivity contribution in [3.8, 4) is 0 Å². The fraction of sp³-hybridized carbons (Fsp3) is 0.882. The Kier molecular flexibility index (Phi) is 19.5. The standard InChI is InChI=1S/C22H36N2O7.C8H17NO2.2C2H6/c1-13-8-21(4,29)7-6-17(26)14(2)20(28)31-11-22(5,30)19(15(3)18(13)27)24(12-25)16-9-23-10-16;1-6-4-7(9(2)3)5-8(10)11-6;2*1-2/h12-16,19,23,29-30H,6-11H2,1-5H3;6-8,10H,4-5H2,1-3H3;2*1-2H3/t13-,14?,15?,19?,21+,22-;;;/m1.../s1. The molecule has 0 radical (unpaired) electrons. The Morgan fingerprint density at radius 1 is 0.935 bits per heavy atom. The van der Waals surface area contributed by atoms with Crippen molar-refractivity contribution < 1.29 is 44.0 Å². The van der Waals surface area contributed by atoms with Crippen molar-refractivity contribution in [1.29, 1.82) is 0 Å². The fourth-order valence-electron chi connectivity index (χ4n) is 6.13. The molecule has 12 nitrogen and oxygen atoms in total. The van der Waals surface area contributed by atoms with Crippen LogP contribution < -0.4 is 5.32 Å². The number of rotatable bonds is 4. The third-order valence-corrected chi connectivity index (χ3v) is 8.87. The van der Waals surface area contributed by atoms with E-state index in [1.165, 1.54) is 18.7 Å². The van der Waals surface area contributed by atoms with Gasteiger partial charge in [0.25, 0.3) is 0 Å². The molecule has 6 unspecified atom stereocenters. The first-order valence-electron chi connectivity index (χ1n) is 17.0. The van der Waals surface area contributed by atoms with Crippen LogP contribution in [0.5, 0.6) is 0 Å². The monoisotopic (exact) mass is 659 g/mol. The van der Waals surface area contributed by atoms with Crippen molar-refractivity contribution in [3.05, 3.63) is 0 Å². The quantitative estimate of drug-likeness (QED) is 0.199. The van der Waals surface area contributed by atoms with Gasteiger partial charge in [-0.25, -0.2) is 0 Å². The summed E-state index contributed by atoms with van der Waals surface area (Å²) in [7, 11) is 4.07. The maximum atomic E-state index is 13.3. The first-order valence-corrected chi connectivity index (χ1v) is 17.0. The largest absolute Gasteiger partial charge is 0.462 e. The van der Waals surface area contributed by atoms with Crippen LogP contribution in [-0.2, 0) is 28.7 Å². The first kappa shape index (κ1) is 44.0. The first-order chi connectivity index (χ1) is 21.4. The molecule has 3 fully saturated rings. The molecule has 4 N–H and O–H groups in total. The van der Waals surface area contributed by atoms with E-state index in [9.17, 15) is 34.5 Å². The molecule has 0 saturated carbocycles. The van der Waals surface area contributed by atoms with Crippen molar-refractivity contribution in [2.24, 2.45) is 17.8 Å². The highest BCUT2D eigenvalue weighted by atomic mass is 16.6. The molecular weight excluding hydrogens is 594 g/mol. The lowest BCUT2D eigenvalue weighted by Crippen LogP contribution is -2.67. The Labute approximate surface area is 277 Å². The summed E-state index contributed by atoms with van der Waals surface area (Å²) < 4.78 is 10.5. The lowest BCUT2D eigenvalue weighted by molar-refractivity contribution is -0.172. The Hall–Kier alpha value is -1.96. The molecule has 270 valence electrons. The Morgan fingerprint density at radius 2 is 1.50 bits per heavy atom. The Bertz CT molecular complexity index is 929. The van der Waals surface area contributed by atoms with Gasteiger partial charge in [-0.15, -0.1) is 0 Å². The fourth-order valence-corrected chi connectivity index (χ4v) is 6.13. The van der Waals surface area contributed by atoms with Crippen molar-refractivity contribution in [1.82, 2.24) is 15.1 Å². The highest BCUT2D eigenvalue weighted by molar-refractivity contribution is 5.98. The molecule has 0 bridgehead atoms. The summed E-state index contributed by atoms with van der Waals surface area (Å²) in [4.78, 5) is 53.6. The van der Waals surface area contributed by atoms with Crippen molar-refractivity contribution in [2.75, 3.05) is 33.8 Å². The van der Waals surface area contributed by atoms with Gasteiger partial charge in [0.2, 0.25) is 6.41 Å². The number of carbonyl (C=O) groups is 4. The molecule has 1 amide bonds. The molecule has 9 atom stereocenters. The second kappa shape index (κ2) is 20.4. The van der Waals surface area contributed by atoms with Gasteiger partial charge in [-0.2, -0.15) is 0 Å². The van der Waals surface area contributed by atoms with Gasteiger partial charge in [0.1, 0.15) is 29.7 Å². The molecule has 0 aliphatic carbocycles. The number of ether oxygens (including phenoxy) is 2. The summed E-state index contributed by atoms with van der Waals surface area (Å²) in [6.45, 7) is 18.4. The number of amides is 1. The van der Waals surface area contributed by atoms with E-state index in [-0.39, 0.29) is 43.0 Å². The highest BCUT2D eigenvalue weighted by Gasteiger charge is 2.48. The maximum Gasteiger partial charge on any atom is 0.316 e. The highest BCUT2D eigenvalue weighted by Crippen LogP contribution is 2.32. The molecule has 46 heavy (non-hydrogen) atoms. The molecular formula is C34H65N3O9. The van der Waals surface area contributed by atoms with Crippen LogP contribution in [0.2, 0.25) is 0 Å². The van der Waals surface area contributed by atoms with Crippen LogP contribution in [0.15, 0.2) is 0 Å². The summed E-state index contributed by atoms with van der Waals surface area (Å²) in [6, 6.07) is -0.676. The number of ketones is 2. The van der Waals surface area contributed by atoms with Crippen LogP contribution >= 0.6 is 0 Å². The molecule has 3 rings (SSSR count). The van der Waals surface area contributed by atoms with Gasteiger partial charge in [-0.1, -0.05) is 41.5 Å². The second-order valence-electron chi connectivity index (χ2n) is 13.2. The average Bonchev–Trinajstić information content (AvgIpc) is 2.97. The number of hydrogen-bond acceptors (Lipinski definition) is 11. The van der Waals surface area contributed by atoms with Crippen molar-refractivity contribution >= 4 is 23.9 Å². The zero-order valence-corrected chi connectivity index (χ0v) is 30.5. The third-order valence-electron chi connectivity index (χ3n) is 8.87. The molecule has 0 aromatic heterocycles. The summed E-state index contributed by atoms with van der Waals surface area (Å²) in [6.07, 6.45) is 2.21. The van der Waals surface area contributed by atoms with Gasteiger partial charge in [0.05, 0.1) is 23.8 Å². The minimum atomic E-state index is -1.73. The number of esters is 1. The molecule has 3 aliphatic heterocycles. The summed E-state index contributed by atoms with van der Waals surface area (Å²) >= 11 is 0. The lowest BCUT2D eigenvalue weighted by Gasteiger charge is -2.48. The SMILES string of the molecule is CC.CC.CC1C(=O)CC[C@](C)(O)C[C@@H](C)C(=O)C(C)C(N(C=O)C2CNC2)[C@](C)(O)COC1=O.CC1CC(N(C)C)CC(O)O1. The lowest BCUT2D eigenvalue weighted by atomic mass is 9.76. The molecule has 0 spiro atoms. The van der Waals surface area contributed by atoms with Crippen LogP contribution in [0.3, 0.4) is 0 Å². The maximum absolute atomic E-state index is 13.3. The summed E-state index contributed by atoms with van der Waals surface area (Å²) in [5, 5.41) is 34.3. The molecule has 0 aromatic rings. The molecule has 3 saturated heterocycles. The Balaban J connectivity index is 0.00000112. The van der Waals surface area contributed by atoms with Crippen LogP contribution in [-0.4, -0.2) is 125 Å². The molecule has 12 heteroatoms. The molecule has 0 aromatic carbocycles. The van der Waals surface area contributed by atoms with E-state index < -0.39 is 53.9 Å². The van der Waals surface area contributed by atoms with E-state index in [2.05, 4.69) is 10.2 Å². The number of cyclic esters (lactones) is 1. The predicted octanol–water partition coefficient (Wildman–Crippen LogP) is 2.55. The number of hydrogen-bond donors (Lipinski definition) is 4. The minimum Gasteiger partial charge on any atom is -0.462 e. The smallest absolute Gasteiger partial charge is 0.316 e. The summed E-state index contributed by atoms with van der Waals surface area (Å²) in [5.74, 6) is -3.74. The van der Waals surface area contributed by atoms with Crippen LogP contribution in [0.25, 0.3) is 0 Å². The van der Waals surface area contributed by atoms with E-state index in [4.69, 9.17) is 9.47 Å². The number of nitrogens with one attached hydrogen (secondary N) is 1. The van der Waals surface area contributed by atoms with Gasteiger partial charge < -0.3 is 39.9 Å². The normalized spacial score (nSPS) is 36.2. The van der Waals surface area contributed by atoms with E-state index in [1.54, 1.807) is 20.8 Å². The van der Waals surface area contributed by atoms with E-state index >= 15 is 0 Å². The van der Waals surface area contributed by atoms with Crippen LogP contribution in [0.1, 0.15) is 101 Å². The third kappa shape index (κ3) is 13.3. The van der Waals surface area contributed by atoms with Gasteiger partial charge in [0, 0.05) is 43.8 Å². The van der Waals surface area contributed by atoms with Crippen LogP contribution in [0, 0.1) is 17.8 Å². The topological polar surface area (TPSA) is 166 Å². The van der Waals surface area contributed by atoms with Crippen molar-refractivity contribution in [3.63, 3.8) is 0 Å². The van der Waals surface area contributed by atoms with Gasteiger partial charge >= 0.3 is 5.97 Å². The summed E-state index contributed by atoms with van der Waals surface area (Å²) in [5.41, 5.74) is -3.01. The van der Waals surface area contributed by atoms with E-state index in [0.717, 1.165) is 12.8 Å².